The van der Waals surface area contributed by atoms with Crippen molar-refractivity contribution in [2.24, 2.45) is 0 Å². The third-order valence-corrected chi connectivity index (χ3v) is 5.57. The van der Waals surface area contributed by atoms with Crippen molar-refractivity contribution in [1.29, 1.82) is 0 Å². The Balaban J connectivity index is 1.63. The number of nitrogens with one attached hydrogen (secondary N) is 1. The van der Waals surface area contributed by atoms with E-state index in [-0.39, 0.29) is 11.5 Å². The van der Waals surface area contributed by atoms with E-state index >= 15 is 0 Å². The molecule has 0 spiro atoms. The van der Waals surface area contributed by atoms with Crippen molar-refractivity contribution in [3.63, 3.8) is 0 Å². The number of rotatable bonds is 7. The first-order valence-electron chi connectivity index (χ1n) is 10.9. The molecule has 1 N–H and O–H groups in total. The molecule has 6 nitrogen and oxygen atoms in total. The molecule has 4 aromatic rings. The number of ether oxygens (including phenoxy) is 1. The summed E-state index contributed by atoms with van der Waals surface area (Å²) < 4.78 is 11.8. The predicted molar refractivity (Wildman–Crippen MR) is 127 cm³/mol. The summed E-state index contributed by atoms with van der Waals surface area (Å²) >= 11 is 0. The van der Waals surface area contributed by atoms with Crippen molar-refractivity contribution in [1.82, 2.24) is 10.3 Å². The fraction of sp³-hybridized carbons (Fsp3) is 0.222. The molecule has 0 aliphatic rings. The monoisotopic (exact) mass is 442 g/mol. The van der Waals surface area contributed by atoms with Crippen LogP contribution >= 0.6 is 0 Å². The molecule has 4 rings (SSSR count). The second kappa shape index (κ2) is 9.69. The van der Waals surface area contributed by atoms with Crippen LogP contribution in [0.2, 0.25) is 0 Å². The normalized spacial score (nSPS) is 11.8. The van der Waals surface area contributed by atoms with Gasteiger partial charge in [-0.1, -0.05) is 36.4 Å². The number of fused-ring (bicyclic) bond motifs is 1. The SMILES string of the molecule is Cc1cc(O[C@@H](C)C(=O)NCc2cccnc2)c2c(C)c(Cc3ccccc3)c(=O)oc2c1. The van der Waals surface area contributed by atoms with Gasteiger partial charge in [-0.05, 0) is 61.2 Å². The van der Waals surface area contributed by atoms with E-state index in [2.05, 4.69) is 10.3 Å². The summed E-state index contributed by atoms with van der Waals surface area (Å²) in [6.45, 7) is 5.86. The highest BCUT2D eigenvalue weighted by molar-refractivity contribution is 5.89. The van der Waals surface area contributed by atoms with Crippen LogP contribution in [0.1, 0.15) is 34.7 Å². The van der Waals surface area contributed by atoms with Crippen LogP contribution in [0.25, 0.3) is 11.0 Å². The van der Waals surface area contributed by atoms with Crippen molar-refractivity contribution in [3.8, 4) is 5.75 Å². The summed E-state index contributed by atoms with van der Waals surface area (Å²) in [5.74, 6) is 0.276. The third kappa shape index (κ3) is 5.12. The van der Waals surface area contributed by atoms with Crippen molar-refractivity contribution in [2.45, 2.75) is 39.8 Å². The second-order valence-electron chi connectivity index (χ2n) is 8.13. The summed E-state index contributed by atoms with van der Waals surface area (Å²) in [6, 6.07) is 17.2. The summed E-state index contributed by atoms with van der Waals surface area (Å²) in [5, 5.41) is 3.58. The molecule has 0 aliphatic carbocycles. The smallest absolute Gasteiger partial charge is 0.340 e. The maximum atomic E-state index is 12.8. The Morgan fingerprint density at radius 2 is 1.85 bits per heavy atom. The zero-order chi connectivity index (χ0) is 23.4. The van der Waals surface area contributed by atoms with E-state index < -0.39 is 6.10 Å². The maximum Gasteiger partial charge on any atom is 0.340 e. The average Bonchev–Trinajstić information content (AvgIpc) is 2.81. The standard InChI is InChI=1S/C27H26N2O4/c1-17-12-23(32-19(3)26(30)29-16-21-10-7-11-28-15-21)25-18(2)22(27(31)33-24(25)13-17)14-20-8-5-4-6-9-20/h4-13,15,19H,14,16H2,1-3H3,(H,29,30)/t19-/m0/s1. The van der Waals surface area contributed by atoms with Gasteiger partial charge < -0.3 is 14.5 Å². The Kier molecular flexibility index (Phi) is 6.54. The molecule has 168 valence electrons. The molecule has 2 heterocycles. The first-order chi connectivity index (χ1) is 15.9. The van der Waals surface area contributed by atoms with Gasteiger partial charge in [0.1, 0.15) is 11.3 Å². The largest absolute Gasteiger partial charge is 0.480 e. The van der Waals surface area contributed by atoms with Crippen LogP contribution in [0.5, 0.6) is 5.75 Å². The van der Waals surface area contributed by atoms with Gasteiger partial charge in [0.2, 0.25) is 0 Å². The molecule has 0 bridgehead atoms. The second-order valence-corrected chi connectivity index (χ2v) is 8.13. The number of aryl methyl sites for hydroxylation is 2. The van der Waals surface area contributed by atoms with E-state index in [1.165, 1.54) is 0 Å². The molecule has 1 atom stereocenters. The summed E-state index contributed by atoms with van der Waals surface area (Å²) in [7, 11) is 0. The number of aromatic nitrogens is 1. The lowest BCUT2D eigenvalue weighted by Crippen LogP contribution is -2.36. The molecule has 1 amide bonds. The van der Waals surface area contributed by atoms with Crippen molar-refractivity contribution in [2.75, 3.05) is 0 Å². The van der Waals surface area contributed by atoms with E-state index in [0.29, 0.717) is 35.2 Å². The predicted octanol–water partition coefficient (Wildman–Crippen LogP) is 4.48. The van der Waals surface area contributed by atoms with Gasteiger partial charge in [-0.25, -0.2) is 4.79 Å². The van der Waals surface area contributed by atoms with E-state index in [1.54, 1.807) is 19.3 Å². The van der Waals surface area contributed by atoms with E-state index in [0.717, 1.165) is 22.3 Å². The van der Waals surface area contributed by atoms with Crippen LogP contribution in [0.15, 0.2) is 76.2 Å². The Hall–Kier alpha value is -3.93. The van der Waals surface area contributed by atoms with Gasteiger partial charge in [0.15, 0.2) is 6.10 Å². The minimum absolute atomic E-state index is 0.243. The molecule has 0 fully saturated rings. The average molecular weight is 443 g/mol. The summed E-state index contributed by atoms with van der Waals surface area (Å²) in [6.07, 6.45) is 3.11. The number of hydrogen-bond donors (Lipinski definition) is 1. The molecule has 0 radical (unpaired) electrons. The molecule has 0 saturated heterocycles. The summed E-state index contributed by atoms with van der Waals surface area (Å²) in [5.41, 5.74) is 4.26. The number of nitrogens with zero attached hydrogens (tertiary/aromatic N) is 1. The van der Waals surface area contributed by atoms with Gasteiger partial charge in [0.25, 0.3) is 5.91 Å². The van der Waals surface area contributed by atoms with E-state index in [1.807, 2.05) is 68.4 Å². The Bertz CT molecular complexity index is 1330. The molecule has 0 aliphatic heterocycles. The lowest BCUT2D eigenvalue weighted by atomic mass is 9.98. The zero-order valence-electron chi connectivity index (χ0n) is 18.9. The van der Waals surface area contributed by atoms with Crippen molar-refractivity contribution >= 4 is 16.9 Å². The molecule has 33 heavy (non-hydrogen) atoms. The Labute approximate surface area is 192 Å². The minimum Gasteiger partial charge on any atom is -0.480 e. The molecular formula is C27H26N2O4. The number of hydrogen-bond acceptors (Lipinski definition) is 5. The van der Waals surface area contributed by atoms with Gasteiger partial charge in [-0.3, -0.25) is 9.78 Å². The van der Waals surface area contributed by atoms with Crippen LogP contribution in [0.4, 0.5) is 0 Å². The highest BCUT2D eigenvalue weighted by Crippen LogP contribution is 2.32. The quantitative estimate of drug-likeness (QED) is 0.427. The van der Waals surface area contributed by atoms with Gasteiger partial charge >= 0.3 is 5.63 Å². The zero-order valence-corrected chi connectivity index (χ0v) is 18.9. The highest BCUT2D eigenvalue weighted by atomic mass is 16.5. The van der Waals surface area contributed by atoms with Crippen molar-refractivity contribution < 1.29 is 13.9 Å². The first-order valence-corrected chi connectivity index (χ1v) is 10.9. The molecule has 2 aromatic carbocycles. The lowest BCUT2D eigenvalue weighted by Gasteiger charge is -2.18. The molecular weight excluding hydrogens is 416 g/mol. The Morgan fingerprint density at radius 1 is 1.09 bits per heavy atom. The molecule has 2 aromatic heterocycles. The lowest BCUT2D eigenvalue weighted by molar-refractivity contribution is -0.127. The van der Waals surface area contributed by atoms with Gasteiger partial charge in [-0.2, -0.15) is 0 Å². The van der Waals surface area contributed by atoms with Gasteiger partial charge in [0, 0.05) is 30.9 Å². The fourth-order valence-electron chi connectivity index (χ4n) is 3.81. The summed E-state index contributed by atoms with van der Waals surface area (Å²) in [4.78, 5) is 29.5. The molecule has 0 unspecified atom stereocenters. The van der Waals surface area contributed by atoms with Gasteiger partial charge in [0.05, 0.1) is 5.39 Å². The van der Waals surface area contributed by atoms with Crippen molar-refractivity contribution in [3.05, 3.63) is 105 Å². The first kappa shape index (κ1) is 22.3. The maximum absolute atomic E-state index is 12.8. The van der Waals surface area contributed by atoms with Crippen LogP contribution in [-0.2, 0) is 17.8 Å². The van der Waals surface area contributed by atoms with Crippen LogP contribution in [0.3, 0.4) is 0 Å². The minimum atomic E-state index is -0.740. The van der Waals surface area contributed by atoms with Gasteiger partial charge in [-0.15, -0.1) is 0 Å². The molecule has 6 heteroatoms. The van der Waals surface area contributed by atoms with Crippen LogP contribution < -0.4 is 15.7 Å². The Morgan fingerprint density at radius 3 is 2.58 bits per heavy atom. The van der Waals surface area contributed by atoms with E-state index in [9.17, 15) is 9.59 Å². The fourth-order valence-corrected chi connectivity index (χ4v) is 3.81. The number of pyridine rings is 1. The third-order valence-electron chi connectivity index (χ3n) is 5.57. The van der Waals surface area contributed by atoms with Crippen LogP contribution in [-0.4, -0.2) is 17.0 Å². The highest BCUT2D eigenvalue weighted by Gasteiger charge is 2.20. The number of amides is 1. The number of carbonyl (C=O) groups is 1. The van der Waals surface area contributed by atoms with Crippen LogP contribution in [0, 0.1) is 13.8 Å². The molecule has 0 saturated carbocycles. The number of benzene rings is 2. The van der Waals surface area contributed by atoms with E-state index in [4.69, 9.17) is 9.15 Å². The number of carbonyl (C=O) groups excluding carboxylic acids is 1. The topological polar surface area (TPSA) is 81.4 Å².